The Balaban J connectivity index is 2.34. The van der Waals surface area contributed by atoms with E-state index in [1.807, 2.05) is 0 Å². The van der Waals surface area contributed by atoms with E-state index < -0.39 is 22.9 Å². The van der Waals surface area contributed by atoms with Gasteiger partial charge in [0.15, 0.2) is 12.7 Å². The zero-order valence-corrected chi connectivity index (χ0v) is 10.9. The van der Waals surface area contributed by atoms with Crippen LogP contribution in [0, 0.1) is 10.1 Å². The Morgan fingerprint density at radius 2 is 2.14 bits per heavy atom. The van der Waals surface area contributed by atoms with Crippen LogP contribution in [0.5, 0.6) is 5.75 Å². The van der Waals surface area contributed by atoms with Gasteiger partial charge in [0, 0.05) is 19.0 Å². The van der Waals surface area contributed by atoms with Crippen molar-refractivity contribution >= 4 is 17.6 Å². The van der Waals surface area contributed by atoms with E-state index in [1.165, 1.54) is 24.3 Å². The van der Waals surface area contributed by atoms with Crippen LogP contribution in [0.1, 0.15) is 6.42 Å². The Morgan fingerprint density at radius 3 is 2.76 bits per heavy atom. The molecule has 0 spiro atoms. The number of carboxylic acids is 1. The van der Waals surface area contributed by atoms with Crippen LogP contribution >= 0.6 is 0 Å². The van der Waals surface area contributed by atoms with E-state index in [4.69, 9.17) is 14.9 Å². The third-order valence-corrected chi connectivity index (χ3v) is 2.42. The van der Waals surface area contributed by atoms with E-state index in [0.717, 1.165) is 0 Å². The first-order valence-electron chi connectivity index (χ1n) is 5.95. The summed E-state index contributed by atoms with van der Waals surface area (Å²) in [5.41, 5.74) is -0.155. The first-order chi connectivity index (χ1) is 9.90. The van der Waals surface area contributed by atoms with Crippen LogP contribution in [0.3, 0.4) is 0 Å². The molecule has 1 amide bonds. The Kier molecular flexibility index (Phi) is 6.08. The average molecular weight is 298 g/mol. The number of ether oxygens (including phenoxy) is 1. The molecule has 0 aliphatic rings. The molecule has 0 radical (unpaired) electrons. The standard InChI is InChI=1S/C12H14N2O7/c15-10(12(17)18)4-5-13-11(16)7-21-9-3-1-2-8(6-9)14(19)20/h1-3,6,10,15H,4-5,7H2,(H,13,16)(H,17,18). The maximum absolute atomic E-state index is 11.4. The van der Waals surface area contributed by atoms with E-state index in [-0.39, 0.29) is 31.0 Å². The molecule has 0 aromatic heterocycles. The highest BCUT2D eigenvalue weighted by atomic mass is 16.6. The Morgan fingerprint density at radius 1 is 1.43 bits per heavy atom. The summed E-state index contributed by atoms with van der Waals surface area (Å²) >= 11 is 0. The Bertz CT molecular complexity index is 532. The molecule has 1 rings (SSSR count). The van der Waals surface area contributed by atoms with Gasteiger partial charge in [0.05, 0.1) is 11.0 Å². The molecular weight excluding hydrogens is 284 g/mol. The van der Waals surface area contributed by atoms with Crippen molar-refractivity contribution in [2.75, 3.05) is 13.2 Å². The molecule has 0 fully saturated rings. The van der Waals surface area contributed by atoms with E-state index in [1.54, 1.807) is 0 Å². The molecule has 114 valence electrons. The summed E-state index contributed by atoms with van der Waals surface area (Å²) in [4.78, 5) is 31.7. The first kappa shape index (κ1) is 16.4. The zero-order chi connectivity index (χ0) is 15.8. The summed E-state index contributed by atoms with van der Waals surface area (Å²) in [6, 6.07) is 5.37. The van der Waals surface area contributed by atoms with Crippen LogP contribution in [0.2, 0.25) is 0 Å². The molecule has 21 heavy (non-hydrogen) atoms. The predicted molar refractivity (Wildman–Crippen MR) is 69.9 cm³/mol. The van der Waals surface area contributed by atoms with Crippen molar-refractivity contribution in [3.8, 4) is 5.75 Å². The number of aliphatic hydroxyl groups is 1. The van der Waals surface area contributed by atoms with Gasteiger partial charge in [-0.3, -0.25) is 14.9 Å². The van der Waals surface area contributed by atoms with Crippen molar-refractivity contribution in [1.29, 1.82) is 0 Å². The fraction of sp³-hybridized carbons (Fsp3) is 0.333. The number of hydrogen-bond acceptors (Lipinski definition) is 6. The maximum atomic E-state index is 11.4. The van der Waals surface area contributed by atoms with Crippen molar-refractivity contribution in [3.05, 3.63) is 34.4 Å². The van der Waals surface area contributed by atoms with Gasteiger partial charge in [0.1, 0.15) is 5.75 Å². The third kappa shape index (κ3) is 5.87. The first-order valence-corrected chi connectivity index (χ1v) is 5.95. The van der Waals surface area contributed by atoms with Gasteiger partial charge < -0.3 is 20.3 Å². The number of carbonyl (C=O) groups is 2. The summed E-state index contributed by atoms with van der Waals surface area (Å²) in [5, 5.41) is 30.3. The fourth-order valence-corrected chi connectivity index (χ4v) is 1.36. The fourth-order valence-electron chi connectivity index (χ4n) is 1.36. The van der Waals surface area contributed by atoms with E-state index >= 15 is 0 Å². The lowest BCUT2D eigenvalue weighted by molar-refractivity contribution is -0.384. The van der Waals surface area contributed by atoms with Gasteiger partial charge in [-0.2, -0.15) is 0 Å². The number of carbonyl (C=O) groups excluding carboxylic acids is 1. The second-order valence-corrected chi connectivity index (χ2v) is 4.04. The van der Waals surface area contributed by atoms with Crippen molar-refractivity contribution in [2.45, 2.75) is 12.5 Å². The van der Waals surface area contributed by atoms with E-state index in [2.05, 4.69) is 5.32 Å². The van der Waals surface area contributed by atoms with Crippen molar-refractivity contribution in [1.82, 2.24) is 5.32 Å². The van der Waals surface area contributed by atoms with Crippen LogP contribution in [0.15, 0.2) is 24.3 Å². The molecule has 3 N–H and O–H groups in total. The van der Waals surface area contributed by atoms with Crippen molar-refractivity contribution in [3.63, 3.8) is 0 Å². The monoisotopic (exact) mass is 298 g/mol. The Hall–Kier alpha value is -2.68. The number of hydrogen-bond donors (Lipinski definition) is 3. The highest BCUT2D eigenvalue weighted by molar-refractivity contribution is 5.77. The molecule has 9 nitrogen and oxygen atoms in total. The quantitative estimate of drug-likeness (QED) is 0.450. The number of aliphatic carboxylic acids is 1. The van der Waals surface area contributed by atoms with Crippen LogP contribution < -0.4 is 10.1 Å². The smallest absolute Gasteiger partial charge is 0.332 e. The van der Waals surface area contributed by atoms with Gasteiger partial charge in [-0.15, -0.1) is 0 Å². The molecule has 0 saturated heterocycles. The third-order valence-electron chi connectivity index (χ3n) is 2.42. The molecule has 9 heteroatoms. The topological polar surface area (TPSA) is 139 Å². The number of nitro groups is 1. The molecule has 0 aliphatic heterocycles. The molecule has 0 bridgehead atoms. The van der Waals surface area contributed by atoms with Gasteiger partial charge in [-0.1, -0.05) is 6.07 Å². The highest BCUT2D eigenvalue weighted by Gasteiger charge is 2.13. The molecule has 0 aliphatic carbocycles. The number of benzene rings is 1. The minimum absolute atomic E-state index is 0.0232. The number of nitrogens with one attached hydrogen (secondary N) is 1. The average Bonchev–Trinajstić information content (AvgIpc) is 2.45. The molecule has 1 unspecified atom stereocenters. The lowest BCUT2D eigenvalue weighted by Crippen LogP contribution is -2.33. The van der Waals surface area contributed by atoms with E-state index in [0.29, 0.717) is 0 Å². The van der Waals surface area contributed by atoms with Crippen LogP contribution in [0.25, 0.3) is 0 Å². The number of nitrogens with zero attached hydrogens (tertiary/aromatic N) is 1. The van der Waals surface area contributed by atoms with Gasteiger partial charge in [0.25, 0.3) is 11.6 Å². The summed E-state index contributed by atoms with van der Waals surface area (Å²) in [7, 11) is 0. The highest BCUT2D eigenvalue weighted by Crippen LogP contribution is 2.18. The molecule has 1 aromatic carbocycles. The second-order valence-electron chi connectivity index (χ2n) is 4.04. The SMILES string of the molecule is O=C(COc1cccc([N+](=O)[O-])c1)NCCC(O)C(=O)O. The lowest BCUT2D eigenvalue weighted by atomic mass is 10.2. The largest absolute Gasteiger partial charge is 0.484 e. The minimum Gasteiger partial charge on any atom is -0.484 e. The van der Waals surface area contributed by atoms with Gasteiger partial charge in [-0.25, -0.2) is 4.79 Å². The number of nitro benzene ring substituents is 1. The number of amides is 1. The molecule has 0 saturated carbocycles. The van der Waals surface area contributed by atoms with Gasteiger partial charge in [0.2, 0.25) is 0 Å². The van der Waals surface area contributed by atoms with E-state index in [9.17, 15) is 19.7 Å². The molecule has 1 aromatic rings. The molecule has 1 atom stereocenters. The van der Waals surface area contributed by atoms with Gasteiger partial charge in [-0.05, 0) is 6.07 Å². The zero-order valence-electron chi connectivity index (χ0n) is 10.9. The van der Waals surface area contributed by atoms with Gasteiger partial charge >= 0.3 is 5.97 Å². The number of carboxylic acid groups (broad SMARTS) is 1. The van der Waals surface area contributed by atoms with Crippen LogP contribution in [0.4, 0.5) is 5.69 Å². The summed E-state index contributed by atoms with van der Waals surface area (Å²) in [5.74, 6) is -1.72. The lowest BCUT2D eigenvalue weighted by Gasteiger charge is -2.08. The number of rotatable bonds is 8. The predicted octanol–water partition coefficient (Wildman–Crippen LogP) is -0.0746. The summed E-state index contributed by atoms with van der Waals surface area (Å²) in [6.07, 6.45) is -1.67. The van der Waals surface area contributed by atoms with Crippen molar-refractivity contribution < 1.29 is 29.5 Å². The minimum atomic E-state index is -1.54. The molecular formula is C12H14N2O7. The summed E-state index contributed by atoms with van der Waals surface area (Å²) < 4.78 is 5.07. The normalized spacial score (nSPS) is 11.5. The second kappa shape index (κ2) is 7.80. The number of non-ortho nitro benzene ring substituents is 1. The van der Waals surface area contributed by atoms with Crippen molar-refractivity contribution in [2.24, 2.45) is 0 Å². The summed E-state index contributed by atoms with van der Waals surface area (Å²) in [6.45, 7) is -0.394. The van der Waals surface area contributed by atoms with Crippen LogP contribution in [-0.2, 0) is 9.59 Å². The maximum Gasteiger partial charge on any atom is 0.332 e. The Labute approximate surface area is 119 Å². The molecule has 0 heterocycles. The number of aliphatic hydroxyl groups excluding tert-OH is 1. The van der Waals surface area contributed by atoms with Crippen LogP contribution in [-0.4, -0.2) is 46.3 Å².